The number of ether oxygens (including phenoxy) is 1. The summed E-state index contributed by atoms with van der Waals surface area (Å²) in [5, 5.41) is 12.6. The maximum absolute atomic E-state index is 9.21. The van der Waals surface area contributed by atoms with Crippen molar-refractivity contribution in [3.05, 3.63) is 0 Å². The van der Waals surface area contributed by atoms with Gasteiger partial charge in [0.1, 0.15) is 5.54 Å². The van der Waals surface area contributed by atoms with Gasteiger partial charge in [0.15, 0.2) is 0 Å². The van der Waals surface area contributed by atoms with Gasteiger partial charge in [-0.1, -0.05) is 26.2 Å². The molecule has 3 nitrogen and oxygen atoms in total. The molecule has 18 heavy (non-hydrogen) atoms. The molecule has 0 radical (unpaired) electrons. The van der Waals surface area contributed by atoms with Crippen LogP contribution in [0.15, 0.2) is 0 Å². The van der Waals surface area contributed by atoms with Crippen LogP contribution in [-0.2, 0) is 4.74 Å². The Hall–Kier alpha value is -0.590. The molecule has 1 atom stereocenters. The summed E-state index contributed by atoms with van der Waals surface area (Å²) < 4.78 is 5.60. The monoisotopic (exact) mass is 252 g/mol. The molecule has 0 heterocycles. The smallest absolute Gasteiger partial charge is 0.104 e. The standard InChI is InChI=1S/C15H28N2O/c1-3-4-5-6-11-18-12-7-10-15(2,13-16)17-14-8-9-14/h14,17H,3-12H2,1-2H3. The van der Waals surface area contributed by atoms with Gasteiger partial charge in [-0.05, 0) is 39.0 Å². The van der Waals surface area contributed by atoms with Crippen molar-refractivity contribution in [2.75, 3.05) is 13.2 Å². The zero-order chi connectivity index (χ0) is 13.3. The average Bonchev–Trinajstić information content (AvgIpc) is 3.16. The number of nitrogens with zero attached hydrogens (tertiary/aromatic N) is 1. The molecule has 0 aromatic rings. The van der Waals surface area contributed by atoms with E-state index in [0.717, 1.165) is 26.1 Å². The minimum absolute atomic E-state index is 0.354. The zero-order valence-electron chi connectivity index (χ0n) is 12.0. The highest BCUT2D eigenvalue weighted by Crippen LogP contribution is 2.24. The summed E-state index contributed by atoms with van der Waals surface area (Å²) in [6, 6.07) is 2.99. The lowest BCUT2D eigenvalue weighted by Gasteiger charge is -2.23. The fourth-order valence-corrected chi connectivity index (χ4v) is 2.10. The largest absolute Gasteiger partial charge is 0.381 e. The number of rotatable bonds is 11. The van der Waals surface area contributed by atoms with Crippen LogP contribution in [0.3, 0.4) is 0 Å². The molecule has 1 saturated carbocycles. The van der Waals surface area contributed by atoms with E-state index in [9.17, 15) is 5.26 Å². The lowest BCUT2D eigenvalue weighted by atomic mass is 9.98. The summed E-state index contributed by atoms with van der Waals surface area (Å²) in [5.74, 6) is 0. The van der Waals surface area contributed by atoms with Gasteiger partial charge in [-0.3, -0.25) is 5.32 Å². The minimum Gasteiger partial charge on any atom is -0.381 e. The molecule has 1 fully saturated rings. The molecule has 1 N–H and O–H groups in total. The second-order valence-corrected chi connectivity index (χ2v) is 5.64. The fourth-order valence-electron chi connectivity index (χ4n) is 2.10. The third kappa shape index (κ3) is 6.98. The van der Waals surface area contributed by atoms with Crippen molar-refractivity contribution in [1.82, 2.24) is 5.32 Å². The first-order valence-electron chi connectivity index (χ1n) is 7.47. The van der Waals surface area contributed by atoms with Gasteiger partial charge in [-0.2, -0.15) is 5.26 Å². The van der Waals surface area contributed by atoms with E-state index in [1.165, 1.54) is 38.5 Å². The zero-order valence-corrected chi connectivity index (χ0v) is 12.0. The molecule has 0 bridgehead atoms. The quantitative estimate of drug-likeness (QED) is 0.573. The van der Waals surface area contributed by atoms with E-state index in [1.54, 1.807) is 0 Å². The second kappa shape index (κ2) is 8.50. The molecule has 1 aliphatic carbocycles. The number of nitrogens with one attached hydrogen (secondary N) is 1. The molecular weight excluding hydrogens is 224 g/mol. The summed E-state index contributed by atoms with van der Waals surface area (Å²) in [6.07, 6.45) is 9.33. The van der Waals surface area contributed by atoms with Gasteiger partial charge in [-0.15, -0.1) is 0 Å². The predicted molar refractivity (Wildman–Crippen MR) is 74.4 cm³/mol. The Kier molecular flexibility index (Phi) is 7.31. The molecule has 104 valence electrons. The highest BCUT2D eigenvalue weighted by atomic mass is 16.5. The first-order chi connectivity index (χ1) is 8.70. The highest BCUT2D eigenvalue weighted by molar-refractivity contribution is 5.06. The summed E-state index contributed by atoms with van der Waals surface area (Å²) in [7, 11) is 0. The number of unbranched alkanes of at least 4 members (excludes halogenated alkanes) is 3. The average molecular weight is 252 g/mol. The van der Waals surface area contributed by atoms with E-state index in [2.05, 4.69) is 18.3 Å². The van der Waals surface area contributed by atoms with Gasteiger partial charge in [-0.25, -0.2) is 0 Å². The Morgan fingerprint density at radius 3 is 2.56 bits per heavy atom. The molecule has 3 heteroatoms. The normalized spacial score (nSPS) is 18.3. The number of hydrogen-bond acceptors (Lipinski definition) is 3. The van der Waals surface area contributed by atoms with Crippen molar-refractivity contribution in [1.29, 1.82) is 5.26 Å². The van der Waals surface area contributed by atoms with Crippen LogP contribution in [0, 0.1) is 11.3 Å². The molecule has 0 spiro atoms. The number of hydrogen-bond donors (Lipinski definition) is 1. The third-order valence-corrected chi connectivity index (χ3v) is 3.45. The lowest BCUT2D eigenvalue weighted by molar-refractivity contribution is 0.122. The fraction of sp³-hybridized carbons (Fsp3) is 0.933. The van der Waals surface area contributed by atoms with Crippen molar-refractivity contribution in [2.45, 2.75) is 76.8 Å². The summed E-state index contributed by atoms with van der Waals surface area (Å²) in [6.45, 7) is 5.89. The summed E-state index contributed by atoms with van der Waals surface area (Å²) in [5.41, 5.74) is -0.354. The number of nitriles is 1. The second-order valence-electron chi connectivity index (χ2n) is 5.64. The van der Waals surface area contributed by atoms with E-state index in [-0.39, 0.29) is 5.54 Å². The first-order valence-corrected chi connectivity index (χ1v) is 7.47. The Balaban J connectivity index is 1.96. The lowest BCUT2D eigenvalue weighted by Crippen LogP contribution is -2.42. The molecule has 0 aromatic heterocycles. The molecule has 0 aromatic carbocycles. The molecule has 1 unspecified atom stereocenters. The summed E-state index contributed by atoms with van der Waals surface area (Å²) >= 11 is 0. The van der Waals surface area contributed by atoms with Crippen LogP contribution in [-0.4, -0.2) is 24.8 Å². The van der Waals surface area contributed by atoms with Gasteiger partial charge in [0, 0.05) is 19.3 Å². The van der Waals surface area contributed by atoms with Crippen LogP contribution < -0.4 is 5.32 Å². The maximum Gasteiger partial charge on any atom is 0.104 e. The Morgan fingerprint density at radius 1 is 1.22 bits per heavy atom. The SMILES string of the molecule is CCCCCCOCCCC(C)(C#N)NC1CC1. The van der Waals surface area contributed by atoms with Gasteiger partial charge in [0.2, 0.25) is 0 Å². The van der Waals surface area contributed by atoms with E-state index in [0.29, 0.717) is 6.04 Å². The van der Waals surface area contributed by atoms with Crippen LogP contribution >= 0.6 is 0 Å². The first kappa shape index (κ1) is 15.5. The van der Waals surface area contributed by atoms with Crippen molar-refractivity contribution < 1.29 is 4.74 Å². The highest BCUT2D eigenvalue weighted by Gasteiger charge is 2.31. The van der Waals surface area contributed by atoms with Gasteiger partial charge in [0.05, 0.1) is 6.07 Å². The van der Waals surface area contributed by atoms with Crippen molar-refractivity contribution >= 4 is 0 Å². The topological polar surface area (TPSA) is 45.0 Å². The molecule has 0 saturated heterocycles. The van der Waals surface area contributed by atoms with E-state index >= 15 is 0 Å². The molecule has 1 aliphatic rings. The summed E-state index contributed by atoms with van der Waals surface area (Å²) in [4.78, 5) is 0. The van der Waals surface area contributed by atoms with Gasteiger partial charge < -0.3 is 4.74 Å². The van der Waals surface area contributed by atoms with Crippen molar-refractivity contribution in [3.63, 3.8) is 0 Å². The third-order valence-electron chi connectivity index (χ3n) is 3.45. The Bertz CT molecular complexity index is 258. The maximum atomic E-state index is 9.21. The Morgan fingerprint density at radius 2 is 1.94 bits per heavy atom. The Labute approximate surface area is 112 Å². The predicted octanol–water partition coefficient (Wildman–Crippen LogP) is 3.40. The van der Waals surface area contributed by atoms with Gasteiger partial charge >= 0.3 is 0 Å². The van der Waals surface area contributed by atoms with Crippen molar-refractivity contribution in [3.8, 4) is 6.07 Å². The van der Waals surface area contributed by atoms with E-state index in [4.69, 9.17) is 4.74 Å². The van der Waals surface area contributed by atoms with Gasteiger partial charge in [0.25, 0.3) is 0 Å². The molecule has 1 rings (SSSR count). The van der Waals surface area contributed by atoms with E-state index in [1.807, 2.05) is 6.92 Å². The van der Waals surface area contributed by atoms with Crippen LogP contribution in [0.5, 0.6) is 0 Å². The van der Waals surface area contributed by atoms with Crippen LogP contribution in [0.25, 0.3) is 0 Å². The molecular formula is C15H28N2O. The van der Waals surface area contributed by atoms with Crippen LogP contribution in [0.2, 0.25) is 0 Å². The minimum atomic E-state index is -0.354. The van der Waals surface area contributed by atoms with Crippen LogP contribution in [0.1, 0.15) is 65.2 Å². The molecule has 0 aliphatic heterocycles. The van der Waals surface area contributed by atoms with Crippen LogP contribution in [0.4, 0.5) is 0 Å². The molecule has 0 amide bonds. The van der Waals surface area contributed by atoms with Crippen molar-refractivity contribution in [2.24, 2.45) is 0 Å². The van der Waals surface area contributed by atoms with E-state index < -0.39 is 0 Å².